The van der Waals surface area contributed by atoms with Gasteiger partial charge in [-0.3, -0.25) is 9.59 Å². The van der Waals surface area contributed by atoms with Crippen LogP contribution in [0.25, 0.3) is 0 Å². The molecular weight excluding hydrogens is 280 g/mol. The predicted octanol–water partition coefficient (Wildman–Crippen LogP) is 0.745. The molecule has 0 spiro atoms. The summed E-state index contributed by atoms with van der Waals surface area (Å²) in [5, 5.41) is 12.1. The Labute approximate surface area is 122 Å². The predicted molar refractivity (Wildman–Crippen MR) is 77.3 cm³/mol. The first-order valence-electron chi connectivity index (χ1n) is 6.76. The summed E-state index contributed by atoms with van der Waals surface area (Å²) in [6.07, 6.45) is 2.77. The number of aliphatic carboxylic acids is 1. The maximum absolute atomic E-state index is 11.8. The molecule has 0 heterocycles. The van der Waals surface area contributed by atoms with E-state index in [0.717, 1.165) is 12.8 Å². The summed E-state index contributed by atoms with van der Waals surface area (Å²) in [5.74, 6) is -0.513. The molecule has 0 aliphatic heterocycles. The number of carbonyl (C=O) groups excluding carboxylic acids is 2. The molecule has 0 aromatic rings. The van der Waals surface area contributed by atoms with Gasteiger partial charge in [0.1, 0.15) is 5.54 Å². The fraction of sp³-hybridized carbons (Fsp3) is 0.769. The molecule has 0 saturated heterocycles. The fourth-order valence-electron chi connectivity index (χ4n) is 2.31. The smallest absolute Gasteiger partial charge is 0.329 e. The van der Waals surface area contributed by atoms with E-state index >= 15 is 0 Å². The summed E-state index contributed by atoms with van der Waals surface area (Å²) in [4.78, 5) is 33.9. The van der Waals surface area contributed by atoms with Crippen molar-refractivity contribution in [1.82, 2.24) is 5.32 Å². The second-order valence-corrected chi connectivity index (χ2v) is 6.49. The van der Waals surface area contributed by atoms with Crippen LogP contribution < -0.4 is 11.1 Å². The molecule has 1 aliphatic rings. The fourth-order valence-corrected chi connectivity index (χ4v) is 2.99. The summed E-state index contributed by atoms with van der Waals surface area (Å²) in [6.45, 7) is 2.09. The summed E-state index contributed by atoms with van der Waals surface area (Å²) in [6, 6.07) is 0. The van der Waals surface area contributed by atoms with Crippen LogP contribution in [0.4, 0.5) is 0 Å². The van der Waals surface area contributed by atoms with E-state index < -0.39 is 17.4 Å². The Balaban J connectivity index is 2.44. The first-order valence-corrected chi connectivity index (χ1v) is 7.91. The van der Waals surface area contributed by atoms with Gasteiger partial charge < -0.3 is 16.2 Å². The molecule has 6 nitrogen and oxygen atoms in total. The minimum atomic E-state index is -1.11. The lowest BCUT2D eigenvalue weighted by molar-refractivity contribution is -0.149. The Morgan fingerprint density at radius 3 is 2.45 bits per heavy atom. The van der Waals surface area contributed by atoms with Gasteiger partial charge in [-0.05, 0) is 31.6 Å². The van der Waals surface area contributed by atoms with Crippen LogP contribution in [0.3, 0.4) is 0 Å². The van der Waals surface area contributed by atoms with Crippen molar-refractivity contribution in [2.24, 2.45) is 11.7 Å². The molecule has 1 fully saturated rings. The zero-order valence-corrected chi connectivity index (χ0v) is 12.5. The molecule has 0 aromatic heterocycles. The Bertz CT molecular complexity index is 379. The van der Waals surface area contributed by atoms with Crippen molar-refractivity contribution in [3.63, 3.8) is 0 Å². The van der Waals surface area contributed by atoms with E-state index in [1.165, 1.54) is 11.8 Å². The standard InChI is InChI=1S/C13H22N2O4S/c1-9-2-5-13(6-3-9,12(18)19)15-11(17)4-7-20-8-10(14)16/h9H,2-8H2,1H3,(H2,14,16)(H,15,17)(H,18,19). The quantitative estimate of drug-likeness (QED) is 0.601. The van der Waals surface area contributed by atoms with E-state index in [9.17, 15) is 19.5 Å². The Morgan fingerprint density at radius 1 is 1.35 bits per heavy atom. The van der Waals surface area contributed by atoms with Gasteiger partial charge >= 0.3 is 5.97 Å². The lowest BCUT2D eigenvalue weighted by atomic mass is 9.77. The normalized spacial score (nSPS) is 25.9. The largest absolute Gasteiger partial charge is 0.480 e. The molecule has 0 atom stereocenters. The molecule has 0 unspecified atom stereocenters. The van der Waals surface area contributed by atoms with Crippen molar-refractivity contribution < 1.29 is 19.5 Å². The first-order chi connectivity index (χ1) is 9.35. The molecule has 0 aromatic carbocycles. The van der Waals surface area contributed by atoms with E-state index in [1.807, 2.05) is 0 Å². The Hall–Kier alpha value is -1.24. The molecule has 7 heteroatoms. The monoisotopic (exact) mass is 302 g/mol. The second kappa shape index (κ2) is 7.52. The van der Waals surface area contributed by atoms with Gasteiger partial charge in [0.05, 0.1) is 5.75 Å². The van der Waals surface area contributed by atoms with Crippen molar-refractivity contribution in [2.45, 2.75) is 44.6 Å². The molecule has 1 rings (SSSR count). The topological polar surface area (TPSA) is 109 Å². The van der Waals surface area contributed by atoms with E-state index in [0.29, 0.717) is 24.5 Å². The third kappa shape index (κ3) is 5.03. The molecule has 1 aliphatic carbocycles. The summed E-state index contributed by atoms with van der Waals surface area (Å²) >= 11 is 1.28. The molecule has 4 N–H and O–H groups in total. The highest BCUT2D eigenvalue weighted by molar-refractivity contribution is 7.99. The van der Waals surface area contributed by atoms with Crippen LogP contribution >= 0.6 is 11.8 Å². The van der Waals surface area contributed by atoms with Crippen molar-refractivity contribution >= 4 is 29.5 Å². The number of thioether (sulfide) groups is 1. The molecule has 1 saturated carbocycles. The number of nitrogens with two attached hydrogens (primary N) is 1. The van der Waals surface area contributed by atoms with Crippen molar-refractivity contribution in [3.05, 3.63) is 0 Å². The number of hydrogen-bond acceptors (Lipinski definition) is 4. The van der Waals surface area contributed by atoms with Crippen LogP contribution in [0.5, 0.6) is 0 Å². The number of primary amides is 1. The van der Waals surface area contributed by atoms with Gasteiger partial charge in [0.25, 0.3) is 0 Å². The van der Waals surface area contributed by atoms with Crippen molar-refractivity contribution in [2.75, 3.05) is 11.5 Å². The lowest BCUT2D eigenvalue weighted by Crippen LogP contribution is -2.56. The number of amides is 2. The minimum absolute atomic E-state index is 0.175. The Morgan fingerprint density at radius 2 is 1.95 bits per heavy atom. The van der Waals surface area contributed by atoms with Gasteiger partial charge in [-0.15, -0.1) is 0 Å². The number of carboxylic acid groups (broad SMARTS) is 1. The van der Waals surface area contributed by atoms with Gasteiger partial charge in [0.2, 0.25) is 11.8 Å². The average Bonchev–Trinajstić information content (AvgIpc) is 2.37. The highest BCUT2D eigenvalue weighted by Gasteiger charge is 2.42. The zero-order chi connectivity index (χ0) is 15.2. The Kier molecular flexibility index (Phi) is 6.32. The molecule has 0 radical (unpaired) electrons. The highest BCUT2D eigenvalue weighted by Crippen LogP contribution is 2.32. The SMILES string of the molecule is CC1CCC(NC(=O)CCSCC(N)=O)(C(=O)O)CC1. The third-order valence-electron chi connectivity index (χ3n) is 3.63. The van der Waals surface area contributed by atoms with Crippen LogP contribution in [0.15, 0.2) is 0 Å². The first kappa shape index (κ1) is 16.8. The van der Waals surface area contributed by atoms with E-state index in [1.54, 1.807) is 0 Å². The highest BCUT2D eigenvalue weighted by atomic mass is 32.2. The molecule has 2 amide bonds. The zero-order valence-electron chi connectivity index (χ0n) is 11.7. The van der Waals surface area contributed by atoms with Crippen LogP contribution in [-0.4, -0.2) is 39.9 Å². The van der Waals surface area contributed by atoms with Gasteiger partial charge in [-0.1, -0.05) is 6.92 Å². The number of rotatable bonds is 7. The molecule has 20 heavy (non-hydrogen) atoms. The van der Waals surface area contributed by atoms with Crippen molar-refractivity contribution in [1.29, 1.82) is 0 Å². The maximum atomic E-state index is 11.8. The van der Waals surface area contributed by atoms with Gasteiger partial charge in [0.15, 0.2) is 0 Å². The van der Waals surface area contributed by atoms with Gasteiger partial charge in [0, 0.05) is 12.2 Å². The second-order valence-electron chi connectivity index (χ2n) is 5.39. The number of hydrogen-bond donors (Lipinski definition) is 3. The third-order valence-corrected chi connectivity index (χ3v) is 4.62. The van der Waals surface area contributed by atoms with E-state index in [-0.39, 0.29) is 18.1 Å². The number of carboxylic acids is 1. The molecular formula is C13H22N2O4S. The van der Waals surface area contributed by atoms with Crippen LogP contribution in [0.1, 0.15) is 39.0 Å². The molecule has 114 valence electrons. The van der Waals surface area contributed by atoms with E-state index in [2.05, 4.69) is 12.2 Å². The average molecular weight is 302 g/mol. The van der Waals surface area contributed by atoms with Crippen LogP contribution in [0, 0.1) is 5.92 Å². The maximum Gasteiger partial charge on any atom is 0.329 e. The van der Waals surface area contributed by atoms with E-state index in [4.69, 9.17) is 5.73 Å². The van der Waals surface area contributed by atoms with Crippen LogP contribution in [-0.2, 0) is 14.4 Å². The van der Waals surface area contributed by atoms with Crippen molar-refractivity contribution in [3.8, 4) is 0 Å². The van der Waals surface area contributed by atoms with Gasteiger partial charge in [-0.25, -0.2) is 4.79 Å². The van der Waals surface area contributed by atoms with Gasteiger partial charge in [-0.2, -0.15) is 11.8 Å². The summed E-state index contributed by atoms with van der Waals surface area (Å²) in [5.41, 5.74) is 3.88. The summed E-state index contributed by atoms with van der Waals surface area (Å²) < 4.78 is 0. The number of carbonyl (C=O) groups is 3. The lowest BCUT2D eigenvalue weighted by Gasteiger charge is -2.36. The van der Waals surface area contributed by atoms with Crippen LogP contribution in [0.2, 0.25) is 0 Å². The minimum Gasteiger partial charge on any atom is -0.480 e. The molecule has 0 bridgehead atoms. The summed E-state index contributed by atoms with van der Waals surface area (Å²) in [7, 11) is 0. The number of nitrogens with one attached hydrogen (secondary N) is 1.